The summed E-state index contributed by atoms with van der Waals surface area (Å²) in [7, 11) is 0. The maximum atomic E-state index is 12.4. The first-order chi connectivity index (χ1) is 8.81. The fourth-order valence-corrected chi connectivity index (χ4v) is 3.66. The molecule has 1 fully saturated rings. The Labute approximate surface area is 105 Å². The number of hydrogen-bond acceptors (Lipinski definition) is 2. The monoisotopic (exact) mass is 241 g/mol. The highest BCUT2D eigenvalue weighted by Gasteiger charge is 2.47. The molecule has 0 aromatic carbocycles. The summed E-state index contributed by atoms with van der Waals surface area (Å²) < 4.78 is 0. The molecule has 1 saturated carbocycles. The predicted octanol–water partition coefficient (Wildman–Crippen LogP) is 2.00. The molecule has 4 rings (SSSR count). The van der Waals surface area contributed by atoms with Crippen LogP contribution in [0.25, 0.3) is 11.0 Å². The summed E-state index contributed by atoms with van der Waals surface area (Å²) in [4.78, 5) is 20.0. The number of pyridine rings is 1. The number of amides is 1. The molecule has 4 nitrogen and oxygen atoms in total. The molecule has 0 radical (unpaired) electrons. The molecular formula is C14H15N3O. The third-order valence-corrected chi connectivity index (χ3v) is 4.47. The van der Waals surface area contributed by atoms with Crippen LogP contribution in [0.4, 0.5) is 0 Å². The van der Waals surface area contributed by atoms with Crippen molar-refractivity contribution in [3.8, 4) is 0 Å². The molecule has 2 aromatic rings. The van der Waals surface area contributed by atoms with Gasteiger partial charge in [0.15, 0.2) is 0 Å². The Hall–Kier alpha value is -1.84. The largest absolute Gasteiger partial charge is 0.351 e. The third kappa shape index (κ3) is 1.10. The van der Waals surface area contributed by atoms with E-state index in [4.69, 9.17) is 0 Å². The van der Waals surface area contributed by atoms with E-state index >= 15 is 0 Å². The van der Waals surface area contributed by atoms with Gasteiger partial charge in [-0.3, -0.25) is 4.79 Å². The summed E-state index contributed by atoms with van der Waals surface area (Å²) in [6, 6.07) is 2.06. The van der Waals surface area contributed by atoms with Crippen molar-refractivity contribution in [3.63, 3.8) is 0 Å². The highest BCUT2D eigenvalue weighted by atomic mass is 16.2. The van der Waals surface area contributed by atoms with Crippen LogP contribution in [0.15, 0.2) is 18.5 Å². The molecule has 1 spiro atoms. The quantitative estimate of drug-likeness (QED) is 0.741. The summed E-state index contributed by atoms with van der Waals surface area (Å²) in [5.41, 5.74) is 3.02. The van der Waals surface area contributed by atoms with Crippen molar-refractivity contribution in [1.29, 1.82) is 0 Å². The first-order valence-electron chi connectivity index (χ1n) is 6.55. The van der Waals surface area contributed by atoms with Crippen molar-refractivity contribution in [2.45, 2.75) is 37.6 Å². The van der Waals surface area contributed by atoms with Gasteiger partial charge in [0.25, 0.3) is 0 Å². The number of nitrogens with zero attached hydrogens (tertiary/aromatic N) is 1. The SMILES string of the molecule is O=C1NCc2cnc3[nH]ccc3c2C12CCCC2. The minimum absolute atomic E-state index is 0.209. The van der Waals surface area contributed by atoms with Crippen LogP contribution >= 0.6 is 0 Å². The van der Waals surface area contributed by atoms with Crippen molar-refractivity contribution in [3.05, 3.63) is 29.6 Å². The summed E-state index contributed by atoms with van der Waals surface area (Å²) in [5, 5.41) is 4.17. The zero-order valence-corrected chi connectivity index (χ0v) is 10.1. The number of nitrogens with one attached hydrogen (secondary N) is 2. The molecule has 2 aliphatic rings. The lowest BCUT2D eigenvalue weighted by Crippen LogP contribution is -2.47. The standard InChI is InChI=1S/C14H15N3O/c18-13-14(4-1-2-5-14)11-9(8-17-13)7-16-12-10(11)3-6-15-12/h3,6-7H,1-2,4-5,8H2,(H,15,16)(H,17,18). The molecule has 0 bridgehead atoms. The smallest absolute Gasteiger partial charge is 0.230 e. The Morgan fingerprint density at radius 1 is 1.28 bits per heavy atom. The molecule has 3 heterocycles. The maximum absolute atomic E-state index is 12.4. The van der Waals surface area contributed by atoms with E-state index in [1.165, 1.54) is 11.1 Å². The van der Waals surface area contributed by atoms with Gasteiger partial charge in [-0.05, 0) is 30.0 Å². The van der Waals surface area contributed by atoms with Crippen molar-refractivity contribution in [2.24, 2.45) is 0 Å². The molecule has 0 unspecified atom stereocenters. The molecule has 2 aromatic heterocycles. The Kier molecular flexibility index (Phi) is 1.88. The number of rotatable bonds is 0. The minimum Gasteiger partial charge on any atom is -0.351 e. The van der Waals surface area contributed by atoms with Gasteiger partial charge in [-0.15, -0.1) is 0 Å². The van der Waals surface area contributed by atoms with E-state index < -0.39 is 0 Å². The molecule has 0 saturated heterocycles. The second-order valence-electron chi connectivity index (χ2n) is 5.37. The van der Waals surface area contributed by atoms with Gasteiger partial charge < -0.3 is 10.3 Å². The number of fused-ring (bicyclic) bond motifs is 4. The second kappa shape index (κ2) is 3.34. The highest BCUT2D eigenvalue weighted by molar-refractivity contribution is 5.96. The van der Waals surface area contributed by atoms with Crippen molar-refractivity contribution >= 4 is 16.9 Å². The van der Waals surface area contributed by atoms with E-state index in [1.807, 2.05) is 12.4 Å². The van der Waals surface area contributed by atoms with Crippen LogP contribution < -0.4 is 5.32 Å². The summed E-state index contributed by atoms with van der Waals surface area (Å²) in [5.74, 6) is 0.209. The zero-order chi connectivity index (χ0) is 12.2. The first kappa shape index (κ1) is 10.1. The van der Waals surface area contributed by atoms with Crippen LogP contribution in [0.5, 0.6) is 0 Å². The molecule has 1 aliphatic heterocycles. The Bertz CT molecular complexity index is 638. The van der Waals surface area contributed by atoms with E-state index in [2.05, 4.69) is 21.4 Å². The number of aromatic amines is 1. The number of carbonyl (C=O) groups is 1. The van der Waals surface area contributed by atoms with Crippen LogP contribution in [0.3, 0.4) is 0 Å². The van der Waals surface area contributed by atoms with E-state index in [9.17, 15) is 4.79 Å². The second-order valence-corrected chi connectivity index (χ2v) is 5.37. The van der Waals surface area contributed by atoms with Gasteiger partial charge in [-0.1, -0.05) is 12.8 Å². The van der Waals surface area contributed by atoms with Crippen molar-refractivity contribution in [1.82, 2.24) is 15.3 Å². The molecule has 1 aliphatic carbocycles. The average Bonchev–Trinajstić information content (AvgIpc) is 3.03. The van der Waals surface area contributed by atoms with Gasteiger partial charge >= 0.3 is 0 Å². The molecule has 92 valence electrons. The topological polar surface area (TPSA) is 57.8 Å². The van der Waals surface area contributed by atoms with Gasteiger partial charge in [0.2, 0.25) is 5.91 Å². The summed E-state index contributed by atoms with van der Waals surface area (Å²) in [6.45, 7) is 0.615. The van der Waals surface area contributed by atoms with Crippen LogP contribution in [0.2, 0.25) is 0 Å². The van der Waals surface area contributed by atoms with E-state index in [1.54, 1.807) is 0 Å². The number of carbonyl (C=O) groups excluding carboxylic acids is 1. The van der Waals surface area contributed by atoms with E-state index in [0.717, 1.165) is 36.7 Å². The maximum Gasteiger partial charge on any atom is 0.230 e. The highest BCUT2D eigenvalue weighted by Crippen LogP contribution is 2.46. The molecule has 1 amide bonds. The van der Waals surface area contributed by atoms with Crippen LogP contribution in [-0.2, 0) is 16.8 Å². The fraction of sp³-hybridized carbons (Fsp3) is 0.429. The van der Waals surface area contributed by atoms with Gasteiger partial charge in [-0.25, -0.2) is 4.98 Å². The Balaban J connectivity index is 2.08. The van der Waals surface area contributed by atoms with Crippen LogP contribution in [-0.4, -0.2) is 15.9 Å². The Morgan fingerprint density at radius 2 is 2.11 bits per heavy atom. The fourth-order valence-electron chi connectivity index (χ4n) is 3.66. The third-order valence-electron chi connectivity index (χ3n) is 4.47. The average molecular weight is 241 g/mol. The predicted molar refractivity (Wildman–Crippen MR) is 68.1 cm³/mol. The molecule has 0 atom stereocenters. The van der Waals surface area contributed by atoms with Gasteiger partial charge in [-0.2, -0.15) is 0 Å². The number of H-pyrrole nitrogens is 1. The van der Waals surface area contributed by atoms with Gasteiger partial charge in [0, 0.05) is 24.3 Å². The lowest BCUT2D eigenvalue weighted by Gasteiger charge is -2.35. The molecular weight excluding hydrogens is 226 g/mol. The zero-order valence-electron chi connectivity index (χ0n) is 10.1. The van der Waals surface area contributed by atoms with Crippen molar-refractivity contribution in [2.75, 3.05) is 0 Å². The lowest BCUT2D eigenvalue weighted by molar-refractivity contribution is -0.127. The van der Waals surface area contributed by atoms with E-state index in [-0.39, 0.29) is 11.3 Å². The lowest BCUT2D eigenvalue weighted by atomic mass is 9.73. The summed E-state index contributed by atoms with van der Waals surface area (Å²) >= 11 is 0. The van der Waals surface area contributed by atoms with E-state index in [0.29, 0.717) is 6.54 Å². The first-order valence-corrected chi connectivity index (χ1v) is 6.55. The summed E-state index contributed by atoms with van der Waals surface area (Å²) in [6.07, 6.45) is 8.04. The normalized spacial score (nSPS) is 21.2. The Morgan fingerprint density at radius 3 is 2.94 bits per heavy atom. The van der Waals surface area contributed by atoms with Crippen LogP contribution in [0.1, 0.15) is 36.8 Å². The van der Waals surface area contributed by atoms with Gasteiger partial charge in [0.1, 0.15) is 5.65 Å². The number of aromatic nitrogens is 2. The van der Waals surface area contributed by atoms with Gasteiger partial charge in [0.05, 0.1) is 5.41 Å². The minimum atomic E-state index is -0.295. The molecule has 18 heavy (non-hydrogen) atoms. The van der Waals surface area contributed by atoms with Crippen LogP contribution in [0, 0.1) is 0 Å². The number of hydrogen-bond donors (Lipinski definition) is 2. The molecule has 4 heteroatoms. The van der Waals surface area contributed by atoms with Crippen molar-refractivity contribution < 1.29 is 4.79 Å². The molecule has 2 N–H and O–H groups in total.